The molecule has 2 heterocycles. The Labute approximate surface area is 68.8 Å². The fraction of sp³-hybridized carbons (Fsp3) is 0.286. The quantitative estimate of drug-likeness (QED) is 0.622. The minimum atomic E-state index is -0.164. The summed E-state index contributed by atoms with van der Waals surface area (Å²) in [5, 5.41) is 2.64. The van der Waals surface area contributed by atoms with Crippen LogP contribution in [0.1, 0.15) is 16.1 Å². The van der Waals surface area contributed by atoms with Crippen molar-refractivity contribution in [3.05, 3.63) is 17.6 Å². The largest absolute Gasteiger partial charge is 0.480 e. The van der Waals surface area contributed by atoms with Gasteiger partial charge in [0.2, 0.25) is 5.88 Å². The van der Waals surface area contributed by atoms with Gasteiger partial charge in [0.1, 0.15) is 11.9 Å². The predicted molar refractivity (Wildman–Crippen MR) is 39.8 cm³/mol. The average Bonchev–Trinajstić information content (AvgIpc) is 2.48. The van der Waals surface area contributed by atoms with E-state index in [4.69, 9.17) is 4.74 Å². The van der Waals surface area contributed by atoms with Crippen molar-refractivity contribution >= 4 is 5.91 Å². The summed E-state index contributed by atoms with van der Waals surface area (Å²) in [6.07, 6.45) is 1.39. The fourth-order valence-electron chi connectivity index (χ4n) is 1.17. The van der Waals surface area contributed by atoms with E-state index in [0.29, 0.717) is 23.7 Å². The topological polar surface area (TPSA) is 64.1 Å². The molecule has 2 rings (SSSR count). The number of amides is 1. The molecule has 1 N–H and O–H groups in total. The summed E-state index contributed by atoms with van der Waals surface area (Å²) < 4.78 is 4.92. The van der Waals surface area contributed by atoms with Gasteiger partial charge in [-0.1, -0.05) is 0 Å². The lowest BCUT2D eigenvalue weighted by molar-refractivity contribution is 0.0962. The first kappa shape index (κ1) is 7.02. The van der Waals surface area contributed by atoms with Gasteiger partial charge in [0.15, 0.2) is 0 Å². The van der Waals surface area contributed by atoms with Gasteiger partial charge < -0.3 is 10.1 Å². The Bertz CT molecular complexity index is 337. The molecule has 0 saturated carbocycles. The minimum absolute atomic E-state index is 0.164. The molecular formula is C7H7N3O2. The highest BCUT2D eigenvalue weighted by Crippen LogP contribution is 2.20. The molecule has 0 aromatic carbocycles. The molecule has 0 unspecified atom stereocenters. The molecule has 62 valence electrons. The van der Waals surface area contributed by atoms with Crippen molar-refractivity contribution in [2.45, 2.75) is 6.54 Å². The lowest BCUT2D eigenvalue weighted by Crippen LogP contribution is -2.13. The van der Waals surface area contributed by atoms with Gasteiger partial charge in [-0.05, 0) is 0 Å². The second-order valence-corrected chi connectivity index (χ2v) is 2.39. The van der Waals surface area contributed by atoms with Crippen LogP contribution in [0.4, 0.5) is 0 Å². The molecule has 5 heteroatoms. The summed E-state index contributed by atoms with van der Waals surface area (Å²) in [6, 6.07) is 0. The third-order valence-corrected chi connectivity index (χ3v) is 1.73. The SMILES string of the molecule is COc1ncnc2c1C(=O)NC2. The Hall–Kier alpha value is -1.65. The maximum Gasteiger partial charge on any atom is 0.259 e. The molecule has 0 spiro atoms. The third-order valence-electron chi connectivity index (χ3n) is 1.73. The Morgan fingerprint density at radius 2 is 2.42 bits per heavy atom. The van der Waals surface area contributed by atoms with Crippen LogP contribution in [0.3, 0.4) is 0 Å². The Morgan fingerprint density at radius 1 is 1.58 bits per heavy atom. The number of nitrogens with zero attached hydrogens (tertiary/aromatic N) is 2. The summed E-state index contributed by atoms with van der Waals surface area (Å²) in [5.74, 6) is 0.178. The van der Waals surface area contributed by atoms with Gasteiger partial charge in [-0.2, -0.15) is 0 Å². The second kappa shape index (κ2) is 2.44. The van der Waals surface area contributed by atoms with E-state index < -0.39 is 0 Å². The van der Waals surface area contributed by atoms with Crippen molar-refractivity contribution in [2.24, 2.45) is 0 Å². The molecule has 1 aromatic heterocycles. The molecule has 1 aromatic rings. The van der Waals surface area contributed by atoms with Crippen LogP contribution in [0, 0.1) is 0 Å². The summed E-state index contributed by atoms with van der Waals surface area (Å²) in [7, 11) is 1.48. The van der Waals surface area contributed by atoms with Crippen LogP contribution < -0.4 is 10.1 Å². The van der Waals surface area contributed by atoms with Crippen molar-refractivity contribution in [1.82, 2.24) is 15.3 Å². The van der Waals surface area contributed by atoms with Crippen LogP contribution in [-0.2, 0) is 6.54 Å². The van der Waals surface area contributed by atoms with E-state index in [1.807, 2.05) is 0 Å². The van der Waals surface area contributed by atoms with Crippen molar-refractivity contribution in [3.63, 3.8) is 0 Å². The number of fused-ring (bicyclic) bond motifs is 1. The summed E-state index contributed by atoms with van der Waals surface area (Å²) in [4.78, 5) is 18.9. The zero-order chi connectivity index (χ0) is 8.55. The molecule has 1 amide bonds. The van der Waals surface area contributed by atoms with Crippen molar-refractivity contribution < 1.29 is 9.53 Å². The van der Waals surface area contributed by atoms with Gasteiger partial charge in [0.05, 0.1) is 19.3 Å². The van der Waals surface area contributed by atoms with E-state index in [2.05, 4.69) is 15.3 Å². The van der Waals surface area contributed by atoms with E-state index in [-0.39, 0.29) is 5.91 Å². The van der Waals surface area contributed by atoms with Gasteiger partial charge in [-0.15, -0.1) is 0 Å². The van der Waals surface area contributed by atoms with E-state index in [9.17, 15) is 4.79 Å². The van der Waals surface area contributed by atoms with Crippen LogP contribution in [0.2, 0.25) is 0 Å². The number of hydrogen-bond acceptors (Lipinski definition) is 4. The highest BCUT2D eigenvalue weighted by Gasteiger charge is 2.25. The monoisotopic (exact) mass is 165 g/mol. The maximum absolute atomic E-state index is 11.2. The van der Waals surface area contributed by atoms with Crippen molar-refractivity contribution in [2.75, 3.05) is 7.11 Å². The van der Waals surface area contributed by atoms with Crippen LogP contribution in [0.5, 0.6) is 5.88 Å². The molecule has 1 aliphatic heterocycles. The Balaban J connectivity index is 2.60. The lowest BCUT2D eigenvalue weighted by atomic mass is 10.2. The first-order chi connectivity index (χ1) is 5.83. The summed E-state index contributed by atoms with van der Waals surface area (Å²) in [5.41, 5.74) is 1.16. The Kier molecular flexibility index (Phi) is 1.43. The molecular weight excluding hydrogens is 158 g/mol. The number of methoxy groups -OCH3 is 1. The molecule has 0 atom stereocenters. The number of nitrogens with one attached hydrogen (secondary N) is 1. The minimum Gasteiger partial charge on any atom is -0.480 e. The third kappa shape index (κ3) is 0.827. The molecule has 0 bridgehead atoms. The van der Waals surface area contributed by atoms with Crippen LogP contribution in [0.15, 0.2) is 6.33 Å². The average molecular weight is 165 g/mol. The Morgan fingerprint density at radius 3 is 3.17 bits per heavy atom. The maximum atomic E-state index is 11.2. The first-order valence-electron chi connectivity index (χ1n) is 3.49. The van der Waals surface area contributed by atoms with Gasteiger partial charge in [-0.25, -0.2) is 9.97 Å². The normalized spacial score (nSPS) is 13.9. The molecule has 0 saturated heterocycles. The number of ether oxygens (including phenoxy) is 1. The fourth-order valence-corrected chi connectivity index (χ4v) is 1.17. The molecule has 5 nitrogen and oxygen atoms in total. The highest BCUT2D eigenvalue weighted by atomic mass is 16.5. The number of hydrogen-bond donors (Lipinski definition) is 1. The van der Waals surface area contributed by atoms with E-state index in [1.54, 1.807) is 0 Å². The second-order valence-electron chi connectivity index (χ2n) is 2.39. The van der Waals surface area contributed by atoms with Gasteiger partial charge in [0, 0.05) is 0 Å². The highest BCUT2D eigenvalue weighted by molar-refractivity contribution is 5.99. The zero-order valence-electron chi connectivity index (χ0n) is 6.50. The van der Waals surface area contributed by atoms with E-state index in [1.165, 1.54) is 13.4 Å². The number of rotatable bonds is 1. The summed E-state index contributed by atoms with van der Waals surface area (Å²) >= 11 is 0. The number of carbonyl (C=O) groups excluding carboxylic acids is 1. The molecule has 1 aliphatic rings. The number of aromatic nitrogens is 2. The van der Waals surface area contributed by atoms with Gasteiger partial charge >= 0.3 is 0 Å². The van der Waals surface area contributed by atoms with E-state index in [0.717, 1.165) is 0 Å². The lowest BCUT2D eigenvalue weighted by Gasteiger charge is -2.00. The van der Waals surface area contributed by atoms with Gasteiger partial charge in [0.25, 0.3) is 5.91 Å². The summed E-state index contributed by atoms with van der Waals surface area (Å²) in [6.45, 7) is 0.465. The molecule has 0 radical (unpaired) electrons. The molecule has 0 aliphatic carbocycles. The van der Waals surface area contributed by atoms with Crippen LogP contribution in [0.25, 0.3) is 0 Å². The smallest absolute Gasteiger partial charge is 0.259 e. The van der Waals surface area contributed by atoms with Crippen LogP contribution >= 0.6 is 0 Å². The van der Waals surface area contributed by atoms with Crippen molar-refractivity contribution in [1.29, 1.82) is 0 Å². The first-order valence-corrected chi connectivity index (χ1v) is 3.49. The van der Waals surface area contributed by atoms with Crippen LogP contribution in [-0.4, -0.2) is 23.0 Å². The number of carbonyl (C=O) groups is 1. The molecule has 0 fully saturated rings. The van der Waals surface area contributed by atoms with Gasteiger partial charge in [-0.3, -0.25) is 4.79 Å². The standard InChI is InChI=1S/C7H7N3O2/c1-12-7-5-4(9-3-10-7)2-8-6(5)11/h3H,2H2,1H3,(H,8,11). The molecule has 12 heavy (non-hydrogen) atoms. The van der Waals surface area contributed by atoms with Crippen molar-refractivity contribution in [3.8, 4) is 5.88 Å². The van der Waals surface area contributed by atoms with E-state index >= 15 is 0 Å². The zero-order valence-corrected chi connectivity index (χ0v) is 6.50. The predicted octanol–water partition coefficient (Wildman–Crippen LogP) is -0.271.